The molecular formula is C16H30. The first-order chi connectivity index (χ1) is 7.95. The minimum atomic E-state index is 1.16. The van der Waals surface area contributed by atoms with E-state index in [9.17, 15) is 0 Å². The zero-order valence-electron chi connectivity index (χ0n) is 11.1. The average molecular weight is 222 g/mol. The Morgan fingerprint density at radius 1 is 0.500 bits per heavy atom. The van der Waals surface area contributed by atoms with Gasteiger partial charge in [0.1, 0.15) is 0 Å². The van der Waals surface area contributed by atoms with Crippen molar-refractivity contribution in [2.45, 2.75) is 38.5 Å². The van der Waals surface area contributed by atoms with E-state index < -0.39 is 0 Å². The third-order valence-corrected chi connectivity index (χ3v) is 2.87. The molecule has 0 heterocycles. The molecule has 0 nitrogen and oxygen atoms in total. The number of fused-ring (bicyclic) bond motifs is 2. The molecule has 2 fully saturated rings. The molecule has 2 aliphatic rings. The van der Waals surface area contributed by atoms with Crippen molar-refractivity contribution in [3.05, 3.63) is 52.6 Å². The Hall–Kier alpha value is -1.04. The lowest BCUT2D eigenvalue weighted by Crippen LogP contribution is -2.03. The summed E-state index contributed by atoms with van der Waals surface area (Å²) in [6.45, 7) is 24.0. The van der Waals surface area contributed by atoms with Gasteiger partial charge in [-0.3, -0.25) is 0 Å². The molecule has 2 bridgehead atoms. The third kappa shape index (κ3) is 9.51. The summed E-state index contributed by atoms with van der Waals surface area (Å²) in [5.74, 6) is 2.32. The van der Waals surface area contributed by atoms with Crippen LogP contribution in [0.3, 0.4) is 0 Å². The first-order valence-corrected chi connectivity index (χ1v) is 5.95. The SMILES string of the molecule is C1CC2CCC(C1)C2.C=C.C=C.C=C.C=C. The lowest BCUT2D eigenvalue weighted by molar-refractivity contribution is 0.359. The van der Waals surface area contributed by atoms with Crippen LogP contribution in [-0.2, 0) is 0 Å². The highest BCUT2D eigenvalue weighted by molar-refractivity contribution is 4.80. The first kappa shape index (κ1) is 20.4. The normalized spacial score (nSPS) is 23.5. The van der Waals surface area contributed by atoms with E-state index in [0.717, 1.165) is 11.8 Å². The molecular weight excluding hydrogens is 192 g/mol. The number of hydrogen-bond donors (Lipinski definition) is 0. The fourth-order valence-electron chi connectivity index (χ4n) is 2.40. The van der Waals surface area contributed by atoms with Gasteiger partial charge >= 0.3 is 0 Å². The second kappa shape index (κ2) is 19.5. The maximum Gasteiger partial charge on any atom is -0.0412 e. The van der Waals surface area contributed by atoms with E-state index in [1.165, 1.54) is 6.42 Å². The molecule has 0 aromatic rings. The van der Waals surface area contributed by atoms with E-state index in [-0.39, 0.29) is 0 Å². The quantitative estimate of drug-likeness (QED) is 0.455. The summed E-state index contributed by atoms with van der Waals surface area (Å²) in [5.41, 5.74) is 0. The predicted molar refractivity (Wildman–Crippen MR) is 79.7 cm³/mol. The number of rotatable bonds is 0. The molecule has 0 amide bonds. The largest absolute Gasteiger partial charge is 0.106 e. The van der Waals surface area contributed by atoms with Gasteiger partial charge in [-0.05, 0) is 18.3 Å². The van der Waals surface area contributed by atoms with Crippen molar-refractivity contribution < 1.29 is 0 Å². The highest BCUT2D eigenvalue weighted by Crippen LogP contribution is 2.41. The Morgan fingerprint density at radius 3 is 1.06 bits per heavy atom. The Bertz CT molecular complexity index is 106. The fraction of sp³-hybridized carbons (Fsp3) is 0.500. The molecule has 2 unspecified atom stereocenters. The Kier molecular flexibility index (Phi) is 24.9. The van der Waals surface area contributed by atoms with Crippen LogP contribution in [0, 0.1) is 11.8 Å². The fourth-order valence-corrected chi connectivity index (χ4v) is 2.40. The average Bonchev–Trinajstić information content (AvgIpc) is 2.78. The van der Waals surface area contributed by atoms with E-state index in [2.05, 4.69) is 52.6 Å². The van der Waals surface area contributed by atoms with E-state index in [0.29, 0.717) is 0 Å². The van der Waals surface area contributed by atoms with Crippen LogP contribution in [0.4, 0.5) is 0 Å². The minimum absolute atomic E-state index is 1.16. The first-order valence-electron chi connectivity index (χ1n) is 5.95. The van der Waals surface area contributed by atoms with Gasteiger partial charge in [-0.25, -0.2) is 0 Å². The van der Waals surface area contributed by atoms with Gasteiger partial charge in [-0.2, -0.15) is 0 Å². The number of hydrogen-bond acceptors (Lipinski definition) is 0. The maximum atomic E-state index is 3.00. The van der Waals surface area contributed by atoms with Crippen LogP contribution in [0.2, 0.25) is 0 Å². The van der Waals surface area contributed by atoms with E-state index >= 15 is 0 Å². The monoisotopic (exact) mass is 222 g/mol. The summed E-state index contributed by atoms with van der Waals surface area (Å²) in [5, 5.41) is 0. The molecule has 2 saturated carbocycles. The van der Waals surface area contributed by atoms with Gasteiger partial charge in [-0.15, -0.1) is 52.6 Å². The topological polar surface area (TPSA) is 0 Å². The van der Waals surface area contributed by atoms with Gasteiger partial charge in [0, 0.05) is 0 Å². The summed E-state index contributed by atoms with van der Waals surface area (Å²) in [6, 6.07) is 0. The molecule has 0 aliphatic heterocycles. The molecule has 0 spiro atoms. The van der Waals surface area contributed by atoms with Gasteiger partial charge < -0.3 is 0 Å². The summed E-state index contributed by atoms with van der Waals surface area (Å²) in [7, 11) is 0. The molecule has 0 aromatic heterocycles. The zero-order valence-corrected chi connectivity index (χ0v) is 11.1. The van der Waals surface area contributed by atoms with Crippen LogP contribution < -0.4 is 0 Å². The van der Waals surface area contributed by atoms with Crippen LogP contribution in [0.1, 0.15) is 38.5 Å². The molecule has 2 rings (SSSR count). The predicted octanol–water partition coefficient (Wildman–Crippen LogP) is 5.80. The molecule has 2 aliphatic carbocycles. The van der Waals surface area contributed by atoms with E-state index in [4.69, 9.17) is 0 Å². The van der Waals surface area contributed by atoms with Gasteiger partial charge in [0.05, 0.1) is 0 Å². The molecule has 0 saturated heterocycles. The van der Waals surface area contributed by atoms with Crippen LogP contribution in [0.25, 0.3) is 0 Å². The maximum absolute atomic E-state index is 3.00. The molecule has 16 heavy (non-hydrogen) atoms. The lowest BCUT2D eigenvalue weighted by atomic mass is 9.89. The standard InChI is InChI=1S/C8H14.4C2H4/c1-2-7-4-5-8(3-1)6-7;4*1-2/h7-8H,1-6H2;4*1-2H2. The van der Waals surface area contributed by atoms with Crippen LogP contribution in [0.5, 0.6) is 0 Å². The van der Waals surface area contributed by atoms with E-state index in [1.54, 1.807) is 32.1 Å². The van der Waals surface area contributed by atoms with Crippen LogP contribution in [0.15, 0.2) is 52.6 Å². The Balaban J connectivity index is -0.000000183. The van der Waals surface area contributed by atoms with Crippen molar-refractivity contribution >= 4 is 0 Å². The molecule has 0 heteroatoms. The van der Waals surface area contributed by atoms with Gasteiger partial charge in [0.15, 0.2) is 0 Å². The van der Waals surface area contributed by atoms with Crippen molar-refractivity contribution in [3.8, 4) is 0 Å². The molecule has 0 radical (unpaired) electrons. The minimum Gasteiger partial charge on any atom is -0.106 e. The van der Waals surface area contributed by atoms with Crippen molar-refractivity contribution in [3.63, 3.8) is 0 Å². The van der Waals surface area contributed by atoms with Crippen LogP contribution >= 0.6 is 0 Å². The zero-order chi connectivity index (χ0) is 13.4. The smallest absolute Gasteiger partial charge is 0.0412 e. The van der Waals surface area contributed by atoms with Crippen molar-refractivity contribution in [1.82, 2.24) is 0 Å². The summed E-state index contributed by atoms with van der Waals surface area (Å²) in [4.78, 5) is 0. The highest BCUT2D eigenvalue weighted by Gasteiger charge is 2.27. The Morgan fingerprint density at radius 2 is 0.812 bits per heavy atom. The van der Waals surface area contributed by atoms with Crippen LogP contribution in [-0.4, -0.2) is 0 Å². The highest BCUT2D eigenvalue weighted by atomic mass is 14.3. The van der Waals surface area contributed by atoms with Gasteiger partial charge in [0.25, 0.3) is 0 Å². The second-order valence-electron chi connectivity index (χ2n) is 3.48. The summed E-state index contributed by atoms with van der Waals surface area (Å²) < 4.78 is 0. The second-order valence-corrected chi connectivity index (χ2v) is 3.48. The Labute approximate surface area is 103 Å². The molecule has 94 valence electrons. The van der Waals surface area contributed by atoms with Gasteiger partial charge in [0.2, 0.25) is 0 Å². The third-order valence-electron chi connectivity index (χ3n) is 2.87. The van der Waals surface area contributed by atoms with Crippen molar-refractivity contribution in [2.75, 3.05) is 0 Å². The van der Waals surface area contributed by atoms with Crippen molar-refractivity contribution in [2.24, 2.45) is 11.8 Å². The van der Waals surface area contributed by atoms with Gasteiger partial charge in [-0.1, -0.05) is 32.1 Å². The molecule has 2 atom stereocenters. The van der Waals surface area contributed by atoms with Crippen molar-refractivity contribution in [1.29, 1.82) is 0 Å². The summed E-state index contributed by atoms with van der Waals surface area (Å²) >= 11 is 0. The molecule has 0 aromatic carbocycles. The lowest BCUT2D eigenvalue weighted by Gasteiger charge is -2.16. The van der Waals surface area contributed by atoms with E-state index in [1.807, 2.05) is 0 Å². The molecule has 0 N–H and O–H groups in total. The summed E-state index contributed by atoms with van der Waals surface area (Å²) in [6.07, 6.45) is 9.34.